The molecule has 6 heteroatoms. The Bertz CT molecular complexity index is 381. The van der Waals surface area contributed by atoms with Gasteiger partial charge in [0, 0.05) is 6.20 Å². The SMILES string of the molecule is O=Cc1c[nH]c(=O)cc1[N+](=O)[O-]. The monoisotopic (exact) mass is 168 g/mol. The van der Waals surface area contributed by atoms with E-state index >= 15 is 0 Å². The molecule has 12 heavy (non-hydrogen) atoms. The molecule has 0 bridgehead atoms. The van der Waals surface area contributed by atoms with Gasteiger partial charge in [0.1, 0.15) is 5.56 Å². The Morgan fingerprint density at radius 2 is 2.25 bits per heavy atom. The minimum Gasteiger partial charge on any atom is -0.328 e. The van der Waals surface area contributed by atoms with Gasteiger partial charge in [-0.05, 0) is 0 Å². The zero-order valence-corrected chi connectivity index (χ0v) is 5.81. The number of pyridine rings is 1. The van der Waals surface area contributed by atoms with Crippen LogP contribution >= 0.6 is 0 Å². The summed E-state index contributed by atoms with van der Waals surface area (Å²) in [5.41, 5.74) is -1.22. The molecule has 6 nitrogen and oxygen atoms in total. The highest BCUT2D eigenvalue weighted by Crippen LogP contribution is 2.10. The molecule has 0 aliphatic carbocycles. The van der Waals surface area contributed by atoms with Crippen LogP contribution in [0, 0.1) is 10.1 Å². The summed E-state index contributed by atoms with van der Waals surface area (Å²) in [4.78, 5) is 32.4. The van der Waals surface area contributed by atoms with Crippen LogP contribution in [0.25, 0.3) is 0 Å². The van der Waals surface area contributed by atoms with Gasteiger partial charge < -0.3 is 4.98 Å². The Kier molecular flexibility index (Phi) is 2.00. The van der Waals surface area contributed by atoms with Crippen LogP contribution in [0.15, 0.2) is 17.1 Å². The molecule has 0 spiro atoms. The lowest BCUT2D eigenvalue weighted by molar-refractivity contribution is -0.385. The van der Waals surface area contributed by atoms with Crippen molar-refractivity contribution in [1.82, 2.24) is 4.98 Å². The number of carbonyl (C=O) groups excluding carboxylic acids is 1. The number of nitro groups is 1. The summed E-state index contributed by atoms with van der Waals surface area (Å²) < 4.78 is 0. The number of aromatic amines is 1. The Morgan fingerprint density at radius 3 is 2.75 bits per heavy atom. The topological polar surface area (TPSA) is 93.1 Å². The minimum atomic E-state index is -0.779. The normalized spacial score (nSPS) is 9.33. The first-order chi connectivity index (χ1) is 5.65. The lowest BCUT2D eigenvalue weighted by Gasteiger charge is -1.91. The second kappa shape index (κ2) is 2.95. The van der Waals surface area contributed by atoms with Crippen molar-refractivity contribution in [3.63, 3.8) is 0 Å². The Hall–Kier alpha value is -1.98. The van der Waals surface area contributed by atoms with Crippen molar-refractivity contribution in [3.05, 3.63) is 38.3 Å². The minimum absolute atomic E-state index is 0.139. The van der Waals surface area contributed by atoms with Gasteiger partial charge in [0.2, 0.25) is 0 Å². The second-order valence-electron chi connectivity index (χ2n) is 2.01. The smallest absolute Gasteiger partial charge is 0.286 e. The van der Waals surface area contributed by atoms with Gasteiger partial charge in [-0.15, -0.1) is 0 Å². The van der Waals surface area contributed by atoms with E-state index in [1.165, 1.54) is 0 Å². The Labute approximate surface area is 66.0 Å². The number of aldehydes is 1. The number of nitrogens with one attached hydrogen (secondary N) is 1. The van der Waals surface area contributed by atoms with Crippen LogP contribution in [-0.4, -0.2) is 16.2 Å². The van der Waals surface area contributed by atoms with Crippen molar-refractivity contribution < 1.29 is 9.72 Å². The molecule has 0 aliphatic rings. The summed E-state index contributed by atoms with van der Waals surface area (Å²) in [6.07, 6.45) is 1.32. The molecule has 0 radical (unpaired) electrons. The van der Waals surface area contributed by atoms with E-state index in [4.69, 9.17) is 0 Å². The first-order valence-electron chi connectivity index (χ1n) is 2.97. The van der Waals surface area contributed by atoms with Crippen molar-refractivity contribution in [3.8, 4) is 0 Å². The van der Waals surface area contributed by atoms with Crippen LogP contribution in [0.5, 0.6) is 0 Å². The molecule has 1 rings (SSSR count). The van der Waals surface area contributed by atoms with E-state index in [9.17, 15) is 19.7 Å². The number of nitrogens with zero attached hydrogens (tertiary/aromatic N) is 1. The standard InChI is InChI=1S/C6H4N2O4/c9-3-4-2-7-6(10)1-5(4)8(11)12/h1-3H,(H,7,10). The molecule has 0 amide bonds. The summed E-state index contributed by atoms with van der Waals surface area (Å²) in [5, 5.41) is 10.2. The number of carbonyl (C=O) groups is 1. The fourth-order valence-corrected chi connectivity index (χ4v) is 0.725. The average molecular weight is 168 g/mol. The molecule has 1 aromatic rings. The van der Waals surface area contributed by atoms with Gasteiger partial charge in [-0.25, -0.2) is 0 Å². The van der Waals surface area contributed by atoms with E-state index < -0.39 is 16.2 Å². The maximum atomic E-state index is 10.6. The van der Waals surface area contributed by atoms with Gasteiger partial charge in [0.05, 0.1) is 11.0 Å². The van der Waals surface area contributed by atoms with Crippen LogP contribution in [-0.2, 0) is 0 Å². The molecule has 0 aromatic carbocycles. The van der Waals surface area contributed by atoms with Crippen molar-refractivity contribution in [2.45, 2.75) is 0 Å². The number of hydrogen-bond donors (Lipinski definition) is 1. The molecule has 1 N–H and O–H groups in total. The fraction of sp³-hybridized carbons (Fsp3) is 0. The van der Waals surface area contributed by atoms with Crippen LogP contribution < -0.4 is 5.56 Å². The molecule has 0 fully saturated rings. The predicted octanol–water partition coefficient (Wildman–Crippen LogP) is 0.0956. The molecule has 1 heterocycles. The van der Waals surface area contributed by atoms with Crippen molar-refractivity contribution in [1.29, 1.82) is 0 Å². The molecule has 1 aromatic heterocycles. The average Bonchev–Trinajstić information content (AvgIpc) is 2.04. The number of rotatable bonds is 2. The largest absolute Gasteiger partial charge is 0.328 e. The van der Waals surface area contributed by atoms with Crippen molar-refractivity contribution in [2.24, 2.45) is 0 Å². The quantitative estimate of drug-likeness (QED) is 0.385. The number of hydrogen-bond acceptors (Lipinski definition) is 4. The lowest BCUT2D eigenvalue weighted by Crippen LogP contribution is -2.07. The van der Waals surface area contributed by atoms with Gasteiger partial charge in [-0.2, -0.15) is 0 Å². The Balaban J connectivity index is 3.41. The molecule has 0 atom stereocenters. The van der Waals surface area contributed by atoms with Gasteiger partial charge in [-0.1, -0.05) is 0 Å². The van der Waals surface area contributed by atoms with Crippen LogP contribution in [0.3, 0.4) is 0 Å². The van der Waals surface area contributed by atoms with Crippen LogP contribution in [0.2, 0.25) is 0 Å². The third-order valence-corrected chi connectivity index (χ3v) is 1.26. The lowest BCUT2D eigenvalue weighted by atomic mass is 10.2. The maximum Gasteiger partial charge on any atom is 0.286 e. The summed E-state index contributed by atoms with van der Waals surface area (Å²) in [6, 6.07) is 0.768. The van der Waals surface area contributed by atoms with Crippen LogP contribution in [0.4, 0.5) is 5.69 Å². The Morgan fingerprint density at radius 1 is 1.58 bits per heavy atom. The van der Waals surface area contributed by atoms with Crippen molar-refractivity contribution in [2.75, 3.05) is 0 Å². The second-order valence-corrected chi connectivity index (χ2v) is 2.01. The highest BCUT2D eigenvalue weighted by Gasteiger charge is 2.12. The third kappa shape index (κ3) is 1.36. The van der Waals surface area contributed by atoms with E-state index in [1.54, 1.807) is 0 Å². The zero-order valence-electron chi connectivity index (χ0n) is 5.81. The van der Waals surface area contributed by atoms with Gasteiger partial charge in [-0.3, -0.25) is 19.7 Å². The van der Waals surface area contributed by atoms with Gasteiger partial charge in [0.25, 0.3) is 11.2 Å². The highest BCUT2D eigenvalue weighted by atomic mass is 16.6. The molecule has 0 unspecified atom stereocenters. The van der Waals surface area contributed by atoms with E-state index in [-0.39, 0.29) is 5.56 Å². The van der Waals surface area contributed by atoms with Crippen LogP contribution in [0.1, 0.15) is 10.4 Å². The van der Waals surface area contributed by atoms with E-state index in [2.05, 4.69) is 4.98 Å². The molecule has 0 saturated heterocycles. The number of H-pyrrole nitrogens is 1. The van der Waals surface area contributed by atoms with E-state index in [0.29, 0.717) is 6.29 Å². The van der Waals surface area contributed by atoms with E-state index in [0.717, 1.165) is 12.3 Å². The summed E-state index contributed by atoms with van der Waals surface area (Å²) in [5.74, 6) is 0. The highest BCUT2D eigenvalue weighted by molar-refractivity contribution is 5.80. The van der Waals surface area contributed by atoms with E-state index in [1.807, 2.05) is 0 Å². The predicted molar refractivity (Wildman–Crippen MR) is 39.1 cm³/mol. The van der Waals surface area contributed by atoms with Crippen molar-refractivity contribution >= 4 is 12.0 Å². The first-order valence-corrected chi connectivity index (χ1v) is 2.97. The van der Waals surface area contributed by atoms with Gasteiger partial charge in [0.15, 0.2) is 6.29 Å². The third-order valence-electron chi connectivity index (χ3n) is 1.26. The van der Waals surface area contributed by atoms with Gasteiger partial charge >= 0.3 is 0 Å². The maximum absolute atomic E-state index is 10.6. The molecule has 0 saturated carbocycles. The summed E-state index contributed by atoms with van der Waals surface area (Å²) >= 11 is 0. The molecular formula is C6H4N2O4. The zero-order chi connectivity index (χ0) is 9.14. The molecular weight excluding hydrogens is 164 g/mol. The number of aromatic nitrogens is 1. The molecule has 62 valence electrons. The summed E-state index contributed by atoms with van der Waals surface area (Å²) in [6.45, 7) is 0. The first kappa shape index (κ1) is 8.12. The summed E-state index contributed by atoms with van der Waals surface area (Å²) in [7, 11) is 0. The fourth-order valence-electron chi connectivity index (χ4n) is 0.725. The molecule has 0 aliphatic heterocycles.